The van der Waals surface area contributed by atoms with E-state index < -0.39 is 28.8 Å². The molecule has 6 saturated heterocycles. The summed E-state index contributed by atoms with van der Waals surface area (Å²) in [5.74, 6) is -2.71. The number of aromatic nitrogens is 11. The summed E-state index contributed by atoms with van der Waals surface area (Å²) in [6, 6.07) is 31.0. The zero-order valence-corrected chi connectivity index (χ0v) is 67.7. The number of carbonyl (C=O) groups is 4. The molecular weight excluding hydrogens is 1450 g/mol. The molecule has 0 spiro atoms. The molecule has 3 aromatic carbocycles. The number of pyridine rings is 1. The molecule has 4 N–H and O–H groups in total. The predicted octanol–water partition coefficient (Wildman–Crippen LogP) is 5.59. The molecule has 2 amide bonds. The van der Waals surface area contributed by atoms with Gasteiger partial charge in [0.2, 0.25) is 0 Å². The number of alkyl halides is 1. The van der Waals surface area contributed by atoms with E-state index in [-0.39, 0.29) is 65.5 Å². The second-order valence-electron chi connectivity index (χ2n) is 29.0. The van der Waals surface area contributed by atoms with Crippen LogP contribution >= 0.6 is 11.6 Å². The van der Waals surface area contributed by atoms with Gasteiger partial charge in [-0.05, 0) is 41.5 Å². The topological polar surface area (TPSA) is 296 Å². The molecular formula is C78H105ClFN20NaO10. The van der Waals surface area contributed by atoms with Crippen LogP contribution in [0.25, 0.3) is 50.5 Å². The molecule has 111 heavy (non-hydrogen) atoms. The number of amides is 2. The van der Waals surface area contributed by atoms with Crippen molar-refractivity contribution in [1.29, 1.82) is 0 Å². The van der Waals surface area contributed by atoms with Gasteiger partial charge >= 0.3 is 47.7 Å². The molecule has 0 atom stereocenters. The molecule has 15 rings (SSSR count). The van der Waals surface area contributed by atoms with Gasteiger partial charge in [-0.2, -0.15) is 15.3 Å². The summed E-state index contributed by atoms with van der Waals surface area (Å²) in [5.41, 5.74) is 8.96. The molecule has 6 aromatic heterocycles. The number of hydrogen-bond acceptors (Lipinski definition) is 22. The number of fused-ring (bicyclic) bond motifs is 1. The summed E-state index contributed by atoms with van der Waals surface area (Å²) in [4.78, 5) is 71.2. The third-order valence-electron chi connectivity index (χ3n) is 19.0. The van der Waals surface area contributed by atoms with Gasteiger partial charge in [-0.1, -0.05) is 96.2 Å². The Morgan fingerprint density at radius 3 is 1.44 bits per heavy atom. The average Bonchev–Trinajstić information content (AvgIpc) is 1.61. The van der Waals surface area contributed by atoms with E-state index in [2.05, 4.69) is 142 Å². The Kier molecular flexibility index (Phi) is 31.7. The van der Waals surface area contributed by atoms with E-state index in [0.717, 1.165) is 222 Å². The van der Waals surface area contributed by atoms with Crippen LogP contribution in [0, 0.1) is 5.82 Å². The summed E-state index contributed by atoms with van der Waals surface area (Å²) in [6.07, 6.45) is 10.7. The summed E-state index contributed by atoms with van der Waals surface area (Å²) >= 11 is 5.55. The van der Waals surface area contributed by atoms with Gasteiger partial charge in [0.15, 0.2) is 11.6 Å². The van der Waals surface area contributed by atoms with Gasteiger partial charge < -0.3 is 65.0 Å². The van der Waals surface area contributed by atoms with Crippen LogP contribution in [0.15, 0.2) is 134 Å². The zero-order chi connectivity index (χ0) is 77.4. The Balaban J connectivity index is 0.000000166. The zero-order valence-electron chi connectivity index (χ0n) is 65.9. The number of ketones is 1. The molecule has 0 unspecified atom stereocenters. The third-order valence-corrected chi connectivity index (χ3v) is 19.2. The first-order valence-corrected chi connectivity index (χ1v) is 38.3. The first kappa shape index (κ1) is 84.6. The number of piperazine rings is 3. The minimum absolute atomic E-state index is 0. The van der Waals surface area contributed by atoms with Gasteiger partial charge in [-0.3, -0.25) is 34.0 Å². The number of anilines is 3. The van der Waals surface area contributed by atoms with Crippen LogP contribution in [-0.4, -0.2) is 302 Å². The molecule has 33 heteroatoms. The number of nitrogens with one attached hydrogen (secondary N) is 3. The second-order valence-corrected chi connectivity index (χ2v) is 29.4. The van der Waals surface area contributed by atoms with Crippen molar-refractivity contribution in [2.45, 2.75) is 65.8 Å². The Labute approximate surface area is 676 Å². The summed E-state index contributed by atoms with van der Waals surface area (Å²) < 4.78 is 46.3. The van der Waals surface area contributed by atoms with Crippen LogP contribution in [0.3, 0.4) is 0 Å². The van der Waals surface area contributed by atoms with E-state index in [4.69, 9.17) is 50.6 Å². The molecule has 6 fully saturated rings. The van der Waals surface area contributed by atoms with Gasteiger partial charge in [0.05, 0.1) is 117 Å². The largest absolute Gasteiger partial charge is 1.00 e. The van der Waals surface area contributed by atoms with Crippen molar-refractivity contribution in [1.82, 2.24) is 84.5 Å². The van der Waals surface area contributed by atoms with E-state index >= 15 is 0 Å². The minimum atomic E-state index is -1.66. The number of aliphatic carboxylic acids is 1. The Hall–Kier alpha value is -8.86. The van der Waals surface area contributed by atoms with Crippen LogP contribution in [0.2, 0.25) is 0 Å². The molecule has 0 aliphatic carbocycles. The number of ether oxygens (including phenoxy) is 5. The predicted molar refractivity (Wildman–Crippen MR) is 421 cm³/mol. The van der Waals surface area contributed by atoms with Crippen LogP contribution in [0.5, 0.6) is 0 Å². The Morgan fingerprint density at radius 2 is 1.01 bits per heavy atom. The second kappa shape index (κ2) is 41.6. The number of aromatic amines is 2. The number of rotatable bonds is 17. The summed E-state index contributed by atoms with van der Waals surface area (Å²) in [6.45, 7) is 37.0. The van der Waals surface area contributed by atoms with Gasteiger partial charge in [-0.25, -0.2) is 28.4 Å². The van der Waals surface area contributed by atoms with Crippen LogP contribution in [0.4, 0.5) is 31.0 Å². The molecule has 30 nitrogen and oxygen atoms in total. The monoisotopic (exact) mass is 1560 g/mol. The van der Waals surface area contributed by atoms with Crippen molar-refractivity contribution in [2.24, 2.45) is 0 Å². The van der Waals surface area contributed by atoms with E-state index in [1.54, 1.807) is 9.80 Å². The fourth-order valence-corrected chi connectivity index (χ4v) is 13.5. The number of benzene rings is 3. The molecule has 9 aromatic rings. The molecule has 0 radical (unpaired) electrons. The number of carboxylic acids is 1. The Morgan fingerprint density at radius 1 is 0.568 bits per heavy atom. The first-order chi connectivity index (χ1) is 53.2. The van der Waals surface area contributed by atoms with Gasteiger partial charge in [0, 0.05) is 179 Å². The van der Waals surface area contributed by atoms with E-state index in [9.17, 15) is 23.6 Å². The molecule has 0 bridgehead atoms. The molecule has 6 aliphatic heterocycles. The number of morpholine rings is 3. The standard InChI is InChI=1S/C24H35N5O3.C19H27N5O.C18H24N4O2.C11H6FN5O3.C6H12ClNO.Na.H/c1-24(2,3)32-23(30)28-12-10-27(11-13-28)21-19-29(14-9-26-15-17-31-18-16-26)25-22(21)20-7-5-4-6-8-20;1-2-4-17(5-3-1)19-18(23-8-6-20-7-9-23)16-24(21-19)11-10-22-12-14-25-15-13-22;1-18(2,3)24-17(23)22-11-9-21(10-12-22)15-13-19-20-16(15)14-7-5-4-6-8-14;12-6-4-14-10(17-2-1-15-16-17)8-7(6)5(3-13-8)9(18)11(19)20;7-1-2-8-3-5-9-6-4-8;;/h4-8,19H,9-18H2,1-3H3;1-5,16,20H,6-15H2;4-8,13H,9-12H2,1-3H3,(H,19,20);1-4,13H,(H,19,20);1-6H2;;/q;;;;;+1;-1. The SMILES string of the molecule is CC(C)(C)OC(=O)N1CCN(c2cn(CCN3CCOCC3)nc2-c2ccccc2)CC1.CC(C)(C)OC(=O)N1CCN(c2cn[nH]c2-c2ccccc2)CC1.ClCCN1CCOCC1.O=C(O)C(=O)c1c[nH]c2c(-n3ccnn3)ncc(F)c12.[H-].[Na+].c1ccc(-c2nn(CCN3CCOCC3)cc2N2CCNCC2)cc1. The molecule has 12 heterocycles. The number of carboxylic acid groups (broad SMARTS) is 1. The van der Waals surface area contributed by atoms with Gasteiger partial charge in [0.25, 0.3) is 5.78 Å². The molecule has 0 saturated carbocycles. The van der Waals surface area contributed by atoms with Gasteiger partial charge in [-0.15, -0.1) is 16.7 Å². The van der Waals surface area contributed by atoms with Crippen molar-refractivity contribution in [2.75, 3.05) is 198 Å². The molecule has 6 aliphatic rings. The number of halogens is 2. The third kappa shape index (κ3) is 24.6. The van der Waals surface area contributed by atoms with Crippen molar-refractivity contribution < 1.29 is 83.3 Å². The maximum Gasteiger partial charge on any atom is 1.00 e. The summed E-state index contributed by atoms with van der Waals surface area (Å²) in [5, 5.41) is 36.5. The maximum absolute atomic E-state index is 13.9. The first-order valence-electron chi connectivity index (χ1n) is 37.8. The van der Waals surface area contributed by atoms with Crippen LogP contribution in [0.1, 0.15) is 53.3 Å². The van der Waals surface area contributed by atoms with Crippen molar-refractivity contribution in [3.05, 3.63) is 146 Å². The number of hydrogen-bond donors (Lipinski definition) is 4. The maximum atomic E-state index is 13.9. The number of H-pyrrole nitrogens is 2. The number of Topliss-reactive ketones (excluding diaryl/α,β-unsaturated/α-hetero) is 1. The van der Waals surface area contributed by atoms with Crippen LogP contribution < -0.4 is 49.6 Å². The van der Waals surface area contributed by atoms with Crippen molar-refractivity contribution in [3.63, 3.8) is 0 Å². The fraction of sp³-hybridized carbons (Fsp3) is 0.487. The number of nitrogens with zero attached hydrogens (tertiary/aromatic N) is 17. The minimum Gasteiger partial charge on any atom is -1.00 e. The Bertz CT molecular complexity index is 4320. The van der Waals surface area contributed by atoms with E-state index in [1.807, 2.05) is 84.1 Å². The number of carbonyl (C=O) groups excluding carboxylic acids is 3. The smallest absolute Gasteiger partial charge is 1.00 e. The van der Waals surface area contributed by atoms with E-state index in [0.29, 0.717) is 26.2 Å². The quantitative estimate of drug-likeness (QED) is 0.0374. The summed E-state index contributed by atoms with van der Waals surface area (Å²) in [7, 11) is 0. The average molecular weight is 1560 g/mol. The van der Waals surface area contributed by atoms with Gasteiger partial charge in [0.1, 0.15) is 22.6 Å². The van der Waals surface area contributed by atoms with Crippen molar-refractivity contribution >= 4 is 63.5 Å². The normalized spacial score (nSPS) is 16.7. The van der Waals surface area contributed by atoms with E-state index in [1.165, 1.54) is 28.3 Å². The fourth-order valence-electron chi connectivity index (χ4n) is 13.2. The van der Waals surface area contributed by atoms with Crippen LogP contribution in [-0.2, 0) is 41.6 Å². The molecule has 592 valence electrons. The van der Waals surface area contributed by atoms with Crippen molar-refractivity contribution in [3.8, 4) is 39.6 Å².